The van der Waals surface area contributed by atoms with Crippen molar-refractivity contribution in [2.24, 2.45) is 5.10 Å². The molecule has 0 saturated carbocycles. The van der Waals surface area contributed by atoms with E-state index in [1.165, 1.54) is 23.9 Å². The maximum Gasteiger partial charge on any atom is 0.272 e. The monoisotopic (exact) mass is 398 g/mol. The minimum atomic E-state index is -0.768. The van der Waals surface area contributed by atoms with Crippen molar-refractivity contribution >= 4 is 28.5 Å². The Morgan fingerprint density at radius 1 is 1.48 bits per heavy atom. The summed E-state index contributed by atoms with van der Waals surface area (Å²) in [6, 6.07) is 3.17. The SMILES string of the molecule is CO[C@@H](C)C(=O)N1N=C(c2cc(F)ccc2F)S[C@]1(C)CCCNC(C)=N. The molecule has 27 heavy (non-hydrogen) atoms. The van der Waals surface area contributed by atoms with Gasteiger partial charge in [0.1, 0.15) is 27.7 Å². The number of methoxy groups -OCH3 is 1. The number of hydrazone groups is 1. The van der Waals surface area contributed by atoms with E-state index in [-0.39, 0.29) is 16.5 Å². The maximum atomic E-state index is 14.2. The highest BCUT2D eigenvalue weighted by molar-refractivity contribution is 8.15. The van der Waals surface area contributed by atoms with Crippen molar-refractivity contribution in [2.45, 2.75) is 44.6 Å². The van der Waals surface area contributed by atoms with Crippen LogP contribution in [0.4, 0.5) is 8.78 Å². The summed E-state index contributed by atoms with van der Waals surface area (Å²) < 4.78 is 32.9. The first-order chi connectivity index (χ1) is 12.7. The van der Waals surface area contributed by atoms with Crippen LogP contribution < -0.4 is 5.32 Å². The molecule has 148 valence electrons. The van der Waals surface area contributed by atoms with Crippen molar-refractivity contribution in [3.8, 4) is 0 Å². The molecule has 0 fully saturated rings. The van der Waals surface area contributed by atoms with E-state index in [9.17, 15) is 13.6 Å². The van der Waals surface area contributed by atoms with Gasteiger partial charge in [-0.15, -0.1) is 0 Å². The largest absolute Gasteiger partial charge is 0.374 e. The van der Waals surface area contributed by atoms with Crippen molar-refractivity contribution in [3.63, 3.8) is 0 Å². The fourth-order valence-electron chi connectivity index (χ4n) is 2.64. The van der Waals surface area contributed by atoms with Gasteiger partial charge in [0.15, 0.2) is 0 Å². The predicted octanol–water partition coefficient (Wildman–Crippen LogP) is 3.32. The third-order valence-electron chi connectivity index (χ3n) is 4.23. The van der Waals surface area contributed by atoms with Crippen LogP contribution in [-0.2, 0) is 9.53 Å². The van der Waals surface area contributed by atoms with Gasteiger partial charge in [-0.1, -0.05) is 11.8 Å². The highest BCUT2D eigenvalue weighted by Gasteiger charge is 2.44. The molecule has 1 aliphatic rings. The fourth-order valence-corrected chi connectivity index (χ4v) is 3.91. The second-order valence-electron chi connectivity index (χ2n) is 6.49. The predicted molar refractivity (Wildman–Crippen MR) is 103 cm³/mol. The maximum absolute atomic E-state index is 14.2. The van der Waals surface area contributed by atoms with Crippen LogP contribution in [0.15, 0.2) is 23.3 Å². The van der Waals surface area contributed by atoms with E-state index in [4.69, 9.17) is 10.1 Å². The Hall–Kier alpha value is -2.00. The number of rotatable bonds is 7. The summed E-state index contributed by atoms with van der Waals surface area (Å²) in [6.07, 6.45) is 0.496. The lowest BCUT2D eigenvalue weighted by atomic mass is 10.1. The molecule has 1 aliphatic heterocycles. The van der Waals surface area contributed by atoms with Crippen LogP contribution >= 0.6 is 11.8 Å². The Balaban J connectivity index is 2.29. The van der Waals surface area contributed by atoms with Gasteiger partial charge in [-0.05, 0) is 51.8 Å². The molecule has 0 saturated heterocycles. The first-order valence-electron chi connectivity index (χ1n) is 8.57. The van der Waals surface area contributed by atoms with Crippen LogP contribution in [-0.4, -0.2) is 46.4 Å². The minimum Gasteiger partial charge on any atom is -0.374 e. The van der Waals surface area contributed by atoms with Gasteiger partial charge in [0.25, 0.3) is 5.91 Å². The molecule has 0 unspecified atom stereocenters. The summed E-state index contributed by atoms with van der Waals surface area (Å²) in [7, 11) is 1.43. The van der Waals surface area contributed by atoms with E-state index in [0.717, 1.165) is 18.2 Å². The zero-order valence-corrected chi connectivity index (χ0v) is 16.6. The second kappa shape index (κ2) is 8.79. The van der Waals surface area contributed by atoms with Crippen LogP contribution in [0.1, 0.15) is 39.2 Å². The molecule has 2 rings (SSSR count). The molecule has 2 atom stereocenters. The average molecular weight is 398 g/mol. The van der Waals surface area contributed by atoms with Gasteiger partial charge >= 0.3 is 0 Å². The number of hydrogen-bond acceptors (Lipinski definition) is 5. The van der Waals surface area contributed by atoms with Crippen LogP contribution in [0.25, 0.3) is 0 Å². The lowest BCUT2D eigenvalue weighted by Crippen LogP contribution is -2.46. The standard InChI is InChI=1S/C18H24F2N4O2S/c1-11(26-4)17(25)24-18(3,8-5-9-22-12(2)21)27-16(23-24)14-10-13(19)6-7-15(14)20/h6-7,10-11H,5,8-9H2,1-4H3,(H2,21,22)/t11-,18+/m0/s1. The number of amides is 1. The van der Waals surface area contributed by atoms with Gasteiger partial charge < -0.3 is 10.1 Å². The topological polar surface area (TPSA) is 77.8 Å². The third-order valence-corrected chi connectivity index (χ3v) is 5.54. The van der Waals surface area contributed by atoms with Crippen molar-refractivity contribution in [1.29, 1.82) is 5.41 Å². The molecule has 2 N–H and O–H groups in total. The van der Waals surface area contributed by atoms with E-state index in [2.05, 4.69) is 10.4 Å². The quantitative estimate of drug-likeness (QED) is 0.420. The van der Waals surface area contributed by atoms with Crippen LogP contribution in [0, 0.1) is 17.0 Å². The summed E-state index contributed by atoms with van der Waals surface area (Å²) in [5.41, 5.74) is 0.0278. The molecular formula is C18H24F2N4O2S. The number of carbonyl (C=O) groups excluding carboxylic acids is 1. The molecule has 0 spiro atoms. The van der Waals surface area contributed by atoms with Gasteiger partial charge in [-0.3, -0.25) is 10.2 Å². The number of nitrogens with zero attached hydrogens (tertiary/aromatic N) is 2. The van der Waals surface area contributed by atoms with E-state index in [1.54, 1.807) is 13.8 Å². The molecule has 0 bridgehead atoms. The first-order valence-corrected chi connectivity index (χ1v) is 9.38. The Morgan fingerprint density at radius 3 is 2.81 bits per heavy atom. The van der Waals surface area contributed by atoms with E-state index in [1.807, 2.05) is 6.92 Å². The third kappa shape index (κ3) is 5.04. The lowest BCUT2D eigenvalue weighted by Gasteiger charge is -2.33. The van der Waals surface area contributed by atoms with Crippen LogP contribution in [0.3, 0.4) is 0 Å². The minimum absolute atomic E-state index is 0.0278. The molecule has 1 aromatic carbocycles. The first kappa shape index (κ1) is 21.3. The zero-order valence-electron chi connectivity index (χ0n) is 15.8. The van der Waals surface area contributed by atoms with Gasteiger partial charge in [-0.25, -0.2) is 13.8 Å². The summed E-state index contributed by atoms with van der Waals surface area (Å²) >= 11 is 1.22. The van der Waals surface area contributed by atoms with Gasteiger partial charge in [-0.2, -0.15) is 5.10 Å². The lowest BCUT2D eigenvalue weighted by molar-refractivity contribution is -0.144. The number of halogens is 2. The summed E-state index contributed by atoms with van der Waals surface area (Å²) in [6.45, 7) is 5.67. The highest BCUT2D eigenvalue weighted by atomic mass is 32.2. The Kier molecular flexibility index (Phi) is 6.94. The number of thioether (sulfide) groups is 1. The molecule has 1 amide bonds. The van der Waals surface area contributed by atoms with Gasteiger partial charge in [0, 0.05) is 19.2 Å². The number of nitrogens with one attached hydrogen (secondary N) is 2. The zero-order chi connectivity index (χ0) is 20.2. The molecule has 9 heteroatoms. The fraction of sp³-hybridized carbons (Fsp3) is 0.500. The van der Waals surface area contributed by atoms with Crippen molar-refractivity contribution < 1.29 is 18.3 Å². The Morgan fingerprint density at radius 2 is 2.19 bits per heavy atom. The molecule has 0 aromatic heterocycles. The number of hydrogen-bond donors (Lipinski definition) is 2. The van der Waals surface area contributed by atoms with Crippen LogP contribution in [0.2, 0.25) is 0 Å². The van der Waals surface area contributed by atoms with Gasteiger partial charge in [0.05, 0.1) is 5.84 Å². The number of benzene rings is 1. The number of amidine groups is 1. The second-order valence-corrected chi connectivity index (χ2v) is 7.96. The molecule has 1 aromatic rings. The molecule has 6 nitrogen and oxygen atoms in total. The smallest absolute Gasteiger partial charge is 0.272 e. The summed E-state index contributed by atoms with van der Waals surface area (Å²) in [4.78, 5) is 12.0. The summed E-state index contributed by atoms with van der Waals surface area (Å²) in [5, 5.41) is 16.2. The van der Waals surface area contributed by atoms with Crippen molar-refractivity contribution in [2.75, 3.05) is 13.7 Å². The Labute approximate surface area is 161 Å². The molecular weight excluding hydrogens is 374 g/mol. The Bertz CT molecular complexity index is 759. The van der Waals surface area contributed by atoms with E-state index < -0.39 is 22.6 Å². The van der Waals surface area contributed by atoms with Crippen molar-refractivity contribution in [1.82, 2.24) is 10.3 Å². The number of ether oxygens (including phenoxy) is 1. The average Bonchev–Trinajstić information content (AvgIpc) is 2.97. The molecule has 0 radical (unpaired) electrons. The molecule has 0 aliphatic carbocycles. The normalized spacial score (nSPS) is 20.4. The van der Waals surface area contributed by atoms with E-state index in [0.29, 0.717) is 25.2 Å². The van der Waals surface area contributed by atoms with Crippen molar-refractivity contribution in [3.05, 3.63) is 35.4 Å². The summed E-state index contributed by atoms with van der Waals surface area (Å²) in [5.74, 6) is -1.16. The van der Waals surface area contributed by atoms with Crippen LogP contribution in [0.5, 0.6) is 0 Å². The number of carbonyl (C=O) groups is 1. The van der Waals surface area contributed by atoms with Gasteiger partial charge in [0.2, 0.25) is 0 Å². The highest BCUT2D eigenvalue weighted by Crippen LogP contribution is 2.43. The van der Waals surface area contributed by atoms with E-state index >= 15 is 0 Å². The molecule has 1 heterocycles.